The predicted octanol–water partition coefficient (Wildman–Crippen LogP) is 0.251. The molecule has 1 spiro atoms. The zero-order valence-corrected chi connectivity index (χ0v) is 15.7. The molecule has 3 aliphatic heterocycles. The number of sulfonamides is 1. The third-order valence-electron chi connectivity index (χ3n) is 5.94. The predicted molar refractivity (Wildman–Crippen MR) is 95.4 cm³/mol. The monoisotopic (exact) mass is 382 g/mol. The molecule has 0 aromatic carbocycles. The molecule has 26 heavy (non-hydrogen) atoms. The molecule has 4 heterocycles. The first kappa shape index (κ1) is 18.0. The first-order valence-electron chi connectivity index (χ1n) is 9.27. The molecule has 4 rings (SSSR count). The summed E-state index contributed by atoms with van der Waals surface area (Å²) >= 11 is 0. The van der Waals surface area contributed by atoms with Crippen molar-refractivity contribution >= 4 is 15.9 Å². The molecule has 0 saturated carbocycles. The highest BCUT2D eigenvalue weighted by Crippen LogP contribution is 2.37. The summed E-state index contributed by atoms with van der Waals surface area (Å²) in [4.78, 5) is 17.6. The summed E-state index contributed by atoms with van der Waals surface area (Å²) in [5.41, 5.74) is 0.689. The van der Waals surface area contributed by atoms with E-state index in [-0.39, 0.29) is 10.8 Å². The van der Waals surface area contributed by atoms with Gasteiger partial charge in [-0.3, -0.25) is 4.79 Å². The Morgan fingerprint density at radius 3 is 2.50 bits per heavy atom. The van der Waals surface area contributed by atoms with Gasteiger partial charge in [-0.2, -0.15) is 4.31 Å². The number of likely N-dealkylation sites (tertiary alicyclic amines) is 1. The second-order valence-electron chi connectivity index (χ2n) is 7.48. The van der Waals surface area contributed by atoms with Crippen molar-refractivity contribution in [2.45, 2.75) is 24.2 Å². The van der Waals surface area contributed by atoms with Crippen molar-refractivity contribution in [3.8, 4) is 0 Å². The quantitative estimate of drug-likeness (QED) is 0.782. The fourth-order valence-electron chi connectivity index (χ4n) is 4.16. The number of amides is 1. The summed E-state index contributed by atoms with van der Waals surface area (Å²) < 4.78 is 32.0. The number of rotatable bonds is 3. The van der Waals surface area contributed by atoms with Gasteiger partial charge in [-0.05, 0) is 37.3 Å². The fraction of sp³-hybridized carbons (Fsp3) is 0.706. The summed E-state index contributed by atoms with van der Waals surface area (Å²) in [6.45, 7) is 5.06. The van der Waals surface area contributed by atoms with Gasteiger partial charge in [0.25, 0.3) is 5.91 Å². The van der Waals surface area contributed by atoms with Crippen molar-refractivity contribution < 1.29 is 17.9 Å². The van der Waals surface area contributed by atoms with Crippen LogP contribution in [0.3, 0.4) is 0 Å². The van der Waals surface area contributed by atoms with Crippen LogP contribution >= 0.6 is 0 Å². The Morgan fingerprint density at radius 2 is 1.85 bits per heavy atom. The molecular weight excluding hydrogens is 356 g/mol. The number of piperidine rings is 1. The van der Waals surface area contributed by atoms with E-state index in [4.69, 9.17) is 4.74 Å². The number of ether oxygens (including phenoxy) is 1. The number of aromatic amines is 1. The largest absolute Gasteiger partial charge is 0.379 e. The molecule has 3 aliphatic rings. The second kappa shape index (κ2) is 6.95. The van der Waals surface area contributed by atoms with Crippen LogP contribution < -0.4 is 5.32 Å². The second-order valence-corrected chi connectivity index (χ2v) is 9.42. The molecular formula is C17H26N4O4S. The van der Waals surface area contributed by atoms with Crippen LogP contribution in [0.4, 0.5) is 0 Å². The number of carbonyl (C=O) groups is 1. The number of H-pyrrole nitrogens is 1. The van der Waals surface area contributed by atoms with Gasteiger partial charge in [0.2, 0.25) is 10.0 Å². The Morgan fingerprint density at radius 1 is 1.12 bits per heavy atom. The van der Waals surface area contributed by atoms with Gasteiger partial charge in [0.15, 0.2) is 0 Å². The van der Waals surface area contributed by atoms with Crippen molar-refractivity contribution in [1.29, 1.82) is 0 Å². The molecule has 0 atom stereocenters. The lowest BCUT2D eigenvalue weighted by atomic mass is 9.78. The van der Waals surface area contributed by atoms with E-state index in [1.807, 2.05) is 4.90 Å². The van der Waals surface area contributed by atoms with Gasteiger partial charge < -0.3 is 19.9 Å². The Balaban J connectivity index is 1.43. The molecule has 1 aromatic rings. The van der Waals surface area contributed by atoms with Crippen LogP contribution in [-0.4, -0.2) is 81.0 Å². The number of nitrogens with one attached hydrogen (secondary N) is 2. The highest BCUT2D eigenvalue weighted by atomic mass is 32.2. The van der Waals surface area contributed by atoms with Gasteiger partial charge in [-0.25, -0.2) is 8.42 Å². The van der Waals surface area contributed by atoms with Gasteiger partial charge in [-0.15, -0.1) is 0 Å². The standard InChI is InChI=1S/C17H26N4O4S/c22-16(20-5-2-17(3-6-20)1-4-18-13-17)15-11-14(12-19-15)26(23,24)21-7-9-25-10-8-21/h11-12,18-19H,1-10,13H2. The molecule has 0 radical (unpaired) electrons. The Labute approximate surface area is 153 Å². The molecule has 1 amide bonds. The maximum atomic E-state index is 12.8. The lowest BCUT2D eigenvalue weighted by molar-refractivity contribution is 0.0602. The van der Waals surface area contributed by atoms with Crippen LogP contribution in [0.2, 0.25) is 0 Å². The van der Waals surface area contributed by atoms with Crippen LogP contribution in [0.25, 0.3) is 0 Å². The van der Waals surface area contributed by atoms with Crippen LogP contribution in [0.5, 0.6) is 0 Å². The highest BCUT2D eigenvalue weighted by Gasteiger charge is 2.38. The average Bonchev–Trinajstić information content (AvgIpc) is 3.33. The van der Waals surface area contributed by atoms with E-state index in [0.717, 1.165) is 39.0 Å². The third kappa shape index (κ3) is 3.28. The number of nitrogens with zero attached hydrogens (tertiary/aromatic N) is 2. The van der Waals surface area contributed by atoms with E-state index in [9.17, 15) is 13.2 Å². The van der Waals surface area contributed by atoms with E-state index in [0.29, 0.717) is 37.4 Å². The highest BCUT2D eigenvalue weighted by molar-refractivity contribution is 7.89. The van der Waals surface area contributed by atoms with E-state index >= 15 is 0 Å². The minimum absolute atomic E-state index is 0.116. The van der Waals surface area contributed by atoms with Gasteiger partial charge in [0.1, 0.15) is 10.6 Å². The molecule has 0 bridgehead atoms. The van der Waals surface area contributed by atoms with E-state index < -0.39 is 10.0 Å². The molecule has 3 saturated heterocycles. The van der Waals surface area contributed by atoms with E-state index in [1.165, 1.54) is 23.0 Å². The van der Waals surface area contributed by atoms with Gasteiger partial charge in [-0.1, -0.05) is 0 Å². The normalized spacial score (nSPS) is 24.2. The van der Waals surface area contributed by atoms with Crippen LogP contribution in [-0.2, 0) is 14.8 Å². The summed E-state index contributed by atoms with van der Waals surface area (Å²) in [5.74, 6) is -0.116. The number of aromatic nitrogens is 1. The third-order valence-corrected chi connectivity index (χ3v) is 7.81. The van der Waals surface area contributed by atoms with Crippen LogP contribution in [0.1, 0.15) is 29.8 Å². The SMILES string of the molecule is O=C(c1cc(S(=O)(=O)N2CCOCC2)c[nH]1)N1CCC2(CCNC2)CC1. The Kier molecular flexibility index (Phi) is 4.81. The molecule has 9 heteroatoms. The Bertz CT molecular complexity index is 753. The van der Waals surface area contributed by atoms with Gasteiger partial charge >= 0.3 is 0 Å². The van der Waals surface area contributed by atoms with Gasteiger partial charge in [0.05, 0.1) is 13.2 Å². The summed E-state index contributed by atoms with van der Waals surface area (Å²) in [5, 5.41) is 3.42. The molecule has 3 fully saturated rings. The molecule has 1 aromatic heterocycles. The first-order chi connectivity index (χ1) is 12.5. The fourth-order valence-corrected chi connectivity index (χ4v) is 5.56. The lowest BCUT2D eigenvalue weighted by Gasteiger charge is -2.38. The maximum Gasteiger partial charge on any atom is 0.270 e. The topological polar surface area (TPSA) is 94.7 Å². The minimum Gasteiger partial charge on any atom is -0.379 e. The number of hydrogen-bond donors (Lipinski definition) is 2. The molecule has 0 aliphatic carbocycles. The van der Waals surface area contributed by atoms with Crippen LogP contribution in [0.15, 0.2) is 17.2 Å². The average molecular weight is 382 g/mol. The van der Waals surface area contributed by atoms with E-state index in [1.54, 1.807) is 0 Å². The lowest BCUT2D eigenvalue weighted by Crippen LogP contribution is -2.44. The summed E-state index contributed by atoms with van der Waals surface area (Å²) in [6, 6.07) is 1.47. The smallest absolute Gasteiger partial charge is 0.270 e. The van der Waals surface area contributed by atoms with Crippen molar-refractivity contribution in [2.24, 2.45) is 5.41 Å². The molecule has 0 unspecified atom stereocenters. The van der Waals surface area contributed by atoms with Crippen molar-refractivity contribution in [2.75, 3.05) is 52.5 Å². The Hall–Kier alpha value is -1.42. The molecule has 144 valence electrons. The van der Waals surface area contributed by atoms with Crippen molar-refractivity contribution in [1.82, 2.24) is 19.5 Å². The number of morpholine rings is 1. The molecule has 8 nitrogen and oxygen atoms in total. The maximum absolute atomic E-state index is 12.8. The first-order valence-corrected chi connectivity index (χ1v) is 10.7. The number of hydrogen-bond acceptors (Lipinski definition) is 5. The van der Waals surface area contributed by atoms with Crippen molar-refractivity contribution in [3.63, 3.8) is 0 Å². The summed E-state index contributed by atoms with van der Waals surface area (Å²) in [6.07, 6.45) is 4.61. The van der Waals surface area contributed by atoms with Crippen LogP contribution in [0, 0.1) is 5.41 Å². The number of carbonyl (C=O) groups excluding carboxylic acids is 1. The van der Waals surface area contributed by atoms with Crippen molar-refractivity contribution in [3.05, 3.63) is 18.0 Å². The molecule has 2 N–H and O–H groups in total. The zero-order valence-electron chi connectivity index (χ0n) is 14.9. The van der Waals surface area contributed by atoms with E-state index in [2.05, 4.69) is 10.3 Å². The zero-order chi connectivity index (χ0) is 18.2. The van der Waals surface area contributed by atoms with Gasteiger partial charge in [0, 0.05) is 38.9 Å². The summed E-state index contributed by atoms with van der Waals surface area (Å²) in [7, 11) is -3.58. The minimum atomic E-state index is -3.58.